The molecular formula is C13H20F4O2. The summed E-state index contributed by atoms with van der Waals surface area (Å²) in [6, 6.07) is 0. The molecule has 0 aromatic rings. The number of alkyl halides is 4. The van der Waals surface area contributed by atoms with Crippen LogP contribution in [0, 0.1) is 17.8 Å². The lowest BCUT2D eigenvalue weighted by Gasteiger charge is -2.31. The molecule has 0 aliphatic heterocycles. The summed E-state index contributed by atoms with van der Waals surface area (Å²) < 4.78 is 53.3. The van der Waals surface area contributed by atoms with E-state index in [1.54, 1.807) is 0 Å². The number of halogens is 4. The maximum Gasteiger partial charge on any atom is 0.330 e. The second-order valence-electron chi connectivity index (χ2n) is 5.49. The van der Waals surface area contributed by atoms with Gasteiger partial charge >= 0.3 is 12.3 Å². The van der Waals surface area contributed by atoms with E-state index in [2.05, 4.69) is 18.6 Å². The molecule has 0 aromatic heterocycles. The van der Waals surface area contributed by atoms with E-state index in [9.17, 15) is 22.4 Å². The van der Waals surface area contributed by atoms with Gasteiger partial charge in [-0.3, -0.25) is 4.79 Å². The van der Waals surface area contributed by atoms with Crippen LogP contribution in [-0.2, 0) is 9.53 Å². The van der Waals surface area contributed by atoms with Gasteiger partial charge in [0.2, 0.25) is 0 Å². The van der Waals surface area contributed by atoms with Crippen LogP contribution in [0.2, 0.25) is 0 Å². The largest absolute Gasteiger partial charge is 0.367 e. The minimum absolute atomic E-state index is 0.189. The number of carbonyl (C=O) groups excluding carboxylic acids is 1. The van der Waals surface area contributed by atoms with Crippen LogP contribution in [0.3, 0.4) is 0 Å². The van der Waals surface area contributed by atoms with Crippen molar-refractivity contribution in [2.75, 3.05) is 13.2 Å². The molecule has 3 atom stereocenters. The van der Waals surface area contributed by atoms with Crippen molar-refractivity contribution in [2.45, 2.75) is 45.5 Å². The van der Waals surface area contributed by atoms with Crippen LogP contribution in [0.15, 0.2) is 0 Å². The van der Waals surface area contributed by atoms with Crippen molar-refractivity contribution in [1.82, 2.24) is 0 Å². The maximum atomic E-state index is 12.6. The average molecular weight is 284 g/mol. The molecule has 6 heteroatoms. The molecule has 1 fully saturated rings. The molecule has 0 bridgehead atoms. The summed E-state index contributed by atoms with van der Waals surface area (Å²) in [4.78, 5) is 11.7. The van der Waals surface area contributed by atoms with Gasteiger partial charge in [-0.05, 0) is 31.1 Å². The Kier molecular flexibility index (Phi) is 5.77. The molecule has 0 radical (unpaired) electrons. The SMILES string of the molecule is CC1CCC(C(=O)COCC(F)(F)C(F)F)CC1C. The van der Waals surface area contributed by atoms with E-state index in [-0.39, 0.29) is 11.7 Å². The quantitative estimate of drug-likeness (QED) is 0.697. The van der Waals surface area contributed by atoms with E-state index in [0.29, 0.717) is 18.3 Å². The summed E-state index contributed by atoms with van der Waals surface area (Å²) in [6.45, 7) is 2.25. The van der Waals surface area contributed by atoms with Gasteiger partial charge in [0.1, 0.15) is 13.2 Å². The molecule has 2 nitrogen and oxygen atoms in total. The highest BCUT2D eigenvalue weighted by atomic mass is 19.3. The molecule has 3 unspecified atom stereocenters. The Morgan fingerprint density at radius 2 is 1.89 bits per heavy atom. The number of hydrogen-bond acceptors (Lipinski definition) is 2. The average Bonchev–Trinajstić information content (AvgIpc) is 2.32. The highest BCUT2D eigenvalue weighted by Crippen LogP contribution is 2.33. The third kappa shape index (κ3) is 4.75. The van der Waals surface area contributed by atoms with Gasteiger partial charge < -0.3 is 4.74 Å². The van der Waals surface area contributed by atoms with Gasteiger partial charge in [-0.15, -0.1) is 0 Å². The third-order valence-electron chi connectivity index (χ3n) is 3.91. The van der Waals surface area contributed by atoms with Crippen LogP contribution < -0.4 is 0 Å². The molecule has 0 spiro atoms. The van der Waals surface area contributed by atoms with Crippen LogP contribution in [0.25, 0.3) is 0 Å². The monoisotopic (exact) mass is 284 g/mol. The Labute approximate surface area is 110 Å². The third-order valence-corrected chi connectivity index (χ3v) is 3.91. The molecule has 1 saturated carbocycles. The number of ether oxygens (including phenoxy) is 1. The predicted molar refractivity (Wildman–Crippen MR) is 62.4 cm³/mol. The Balaban J connectivity index is 2.32. The van der Waals surface area contributed by atoms with Crippen molar-refractivity contribution in [2.24, 2.45) is 17.8 Å². The van der Waals surface area contributed by atoms with E-state index >= 15 is 0 Å². The van der Waals surface area contributed by atoms with Gasteiger partial charge in [-0.1, -0.05) is 13.8 Å². The summed E-state index contributed by atoms with van der Waals surface area (Å²) in [5.74, 6) is -3.68. The second kappa shape index (κ2) is 6.68. The van der Waals surface area contributed by atoms with Crippen molar-refractivity contribution in [3.63, 3.8) is 0 Å². The van der Waals surface area contributed by atoms with Crippen molar-refractivity contribution < 1.29 is 27.1 Å². The van der Waals surface area contributed by atoms with E-state index in [0.717, 1.165) is 12.8 Å². The predicted octanol–water partition coefficient (Wildman–Crippen LogP) is 3.54. The highest BCUT2D eigenvalue weighted by molar-refractivity contribution is 5.82. The van der Waals surface area contributed by atoms with Gasteiger partial charge in [0, 0.05) is 5.92 Å². The molecule has 0 aromatic carbocycles. The van der Waals surface area contributed by atoms with Crippen LogP contribution >= 0.6 is 0 Å². The fraction of sp³-hybridized carbons (Fsp3) is 0.923. The van der Waals surface area contributed by atoms with Gasteiger partial charge in [0.25, 0.3) is 0 Å². The topological polar surface area (TPSA) is 26.3 Å². The van der Waals surface area contributed by atoms with Gasteiger partial charge in [0.05, 0.1) is 0 Å². The zero-order valence-corrected chi connectivity index (χ0v) is 11.2. The fourth-order valence-corrected chi connectivity index (χ4v) is 2.31. The smallest absolute Gasteiger partial charge is 0.330 e. The summed E-state index contributed by atoms with van der Waals surface area (Å²) >= 11 is 0. The first kappa shape index (κ1) is 16.4. The van der Waals surface area contributed by atoms with Crippen LogP contribution in [0.4, 0.5) is 17.6 Å². The van der Waals surface area contributed by atoms with Crippen LogP contribution in [-0.4, -0.2) is 31.3 Å². The first-order valence-electron chi connectivity index (χ1n) is 6.50. The minimum atomic E-state index is -4.19. The Hall–Kier alpha value is -0.650. The van der Waals surface area contributed by atoms with Gasteiger partial charge in [-0.25, -0.2) is 8.78 Å². The molecule has 0 amide bonds. The molecule has 0 N–H and O–H groups in total. The zero-order valence-electron chi connectivity index (χ0n) is 11.2. The Bertz CT molecular complexity index is 307. The zero-order chi connectivity index (χ0) is 14.6. The minimum Gasteiger partial charge on any atom is -0.367 e. The molecular weight excluding hydrogens is 264 g/mol. The van der Waals surface area contributed by atoms with Crippen molar-refractivity contribution in [3.8, 4) is 0 Å². The van der Waals surface area contributed by atoms with Crippen molar-refractivity contribution in [1.29, 1.82) is 0 Å². The van der Waals surface area contributed by atoms with Gasteiger partial charge in [-0.2, -0.15) is 8.78 Å². The number of carbonyl (C=O) groups is 1. The van der Waals surface area contributed by atoms with Crippen LogP contribution in [0.5, 0.6) is 0 Å². The first-order valence-corrected chi connectivity index (χ1v) is 6.50. The molecule has 0 saturated heterocycles. The van der Waals surface area contributed by atoms with Crippen molar-refractivity contribution >= 4 is 5.78 Å². The summed E-state index contributed by atoms with van der Waals surface area (Å²) in [7, 11) is 0. The normalized spacial score (nSPS) is 28.7. The summed E-state index contributed by atoms with van der Waals surface area (Å²) in [6.07, 6.45) is -1.41. The molecule has 1 rings (SSSR count). The Morgan fingerprint density at radius 1 is 1.26 bits per heavy atom. The second-order valence-corrected chi connectivity index (χ2v) is 5.49. The number of Topliss-reactive ketones (excluding diaryl/α,β-unsaturated/α-hetero) is 1. The number of ketones is 1. The summed E-state index contributed by atoms with van der Waals surface area (Å²) in [5, 5.41) is 0. The van der Waals surface area contributed by atoms with E-state index in [1.807, 2.05) is 0 Å². The molecule has 1 aliphatic carbocycles. The standard InChI is InChI=1S/C13H20F4O2/c1-8-3-4-10(5-9(8)2)11(18)6-19-7-13(16,17)12(14)15/h8-10,12H,3-7H2,1-2H3. The highest BCUT2D eigenvalue weighted by Gasteiger charge is 2.41. The lowest BCUT2D eigenvalue weighted by Crippen LogP contribution is -2.34. The fourth-order valence-electron chi connectivity index (χ4n) is 2.31. The number of rotatable bonds is 6. The lowest BCUT2D eigenvalue weighted by molar-refractivity contribution is -0.169. The maximum absolute atomic E-state index is 12.6. The molecule has 0 heterocycles. The molecule has 112 valence electrons. The summed E-state index contributed by atoms with van der Waals surface area (Å²) in [5.41, 5.74) is 0. The Morgan fingerprint density at radius 3 is 2.42 bits per heavy atom. The van der Waals surface area contributed by atoms with E-state index < -0.39 is 25.6 Å². The molecule has 1 aliphatic rings. The van der Waals surface area contributed by atoms with Crippen LogP contribution in [0.1, 0.15) is 33.1 Å². The van der Waals surface area contributed by atoms with E-state index in [4.69, 9.17) is 0 Å². The van der Waals surface area contributed by atoms with E-state index in [1.165, 1.54) is 0 Å². The number of hydrogen-bond donors (Lipinski definition) is 0. The first-order chi connectivity index (χ1) is 8.74. The van der Waals surface area contributed by atoms with Crippen molar-refractivity contribution in [3.05, 3.63) is 0 Å². The van der Waals surface area contributed by atoms with Gasteiger partial charge in [0.15, 0.2) is 5.78 Å². The lowest BCUT2D eigenvalue weighted by atomic mass is 9.74. The molecule has 19 heavy (non-hydrogen) atoms.